The molecular formula is C39H35N3S. The number of hydrogen-bond acceptors (Lipinski definition) is 4. The maximum absolute atomic E-state index is 9.46. The van der Waals surface area contributed by atoms with Gasteiger partial charge in [0.1, 0.15) is 0 Å². The summed E-state index contributed by atoms with van der Waals surface area (Å²) in [4.78, 5) is 4.66. The monoisotopic (exact) mass is 577 g/mol. The fourth-order valence-corrected chi connectivity index (χ4v) is 6.33. The van der Waals surface area contributed by atoms with E-state index < -0.39 is 0 Å². The van der Waals surface area contributed by atoms with Crippen LogP contribution in [0.15, 0.2) is 121 Å². The Morgan fingerprint density at radius 3 is 2.05 bits per heavy atom. The molecule has 0 saturated carbocycles. The van der Waals surface area contributed by atoms with Crippen LogP contribution in [0.4, 0.5) is 22.7 Å². The molecule has 1 heterocycles. The third-order valence-corrected chi connectivity index (χ3v) is 8.41. The predicted octanol–water partition coefficient (Wildman–Crippen LogP) is 10.4. The zero-order valence-corrected chi connectivity index (χ0v) is 25.6. The summed E-state index contributed by atoms with van der Waals surface area (Å²) >= 11 is 3.53. The molecule has 4 heteroatoms. The number of benzene rings is 6. The van der Waals surface area contributed by atoms with Gasteiger partial charge in [0.15, 0.2) is 0 Å². The molecule has 0 unspecified atom stereocenters. The quantitative estimate of drug-likeness (QED) is 0.168. The van der Waals surface area contributed by atoms with Gasteiger partial charge in [-0.05, 0) is 89.0 Å². The predicted molar refractivity (Wildman–Crippen MR) is 189 cm³/mol. The Kier molecular flexibility index (Phi) is 8.36. The van der Waals surface area contributed by atoms with Gasteiger partial charge in [-0.1, -0.05) is 85.0 Å². The highest BCUT2D eigenvalue weighted by Crippen LogP contribution is 2.45. The van der Waals surface area contributed by atoms with E-state index in [9.17, 15) is 5.26 Å². The first-order valence-electron chi connectivity index (χ1n) is 14.8. The normalized spacial score (nSPS) is 13.3. The molecule has 1 aliphatic heterocycles. The van der Waals surface area contributed by atoms with E-state index in [1.807, 2.05) is 12.1 Å². The molecule has 3 nitrogen and oxygen atoms in total. The van der Waals surface area contributed by atoms with E-state index in [4.69, 9.17) is 0 Å². The van der Waals surface area contributed by atoms with Crippen LogP contribution in [0.2, 0.25) is 0 Å². The van der Waals surface area contributed by atoms with Crippen LogP contribution in [0.5, 0.6) is 0 Å². The number of rotatable bonds is 3. The van der Waals surface area contributed by atoms with Gasteiger partial charge in [-0.15, -0.1) is 0 Å². The van der Waals surface area contributed by atoms with Crippen LogP contribution in [-0.4, -0.2) is 19.8 Å². The summed E-state index contributed by atoms with van der Waals surface area (Å²) in [5, 5.41) is 17.1. The average molecular weight is 578 g/mol. The zero-order chi connectivity index (χ0) is 29.8. The number of fused-ring (bicyclic) bond motifs is 1. The Balaban J connectivity index is 0.000000364. The SMILES string of the molecule is C1=CCCC=C1.CN(c1ccccc1)c1ccc2ccc3c(N4CCc5ccc(C#N)cc54)ccc4ccc1c2c43.CS. The second kappa shape index (κ2) is 12.7. The summed E-state index contributed by atoms with van der Waals surface area (Å²) in [5.41, 5.74) is 6.76. The second-order valence-electron chi connectivity index (χ2n) is 10.8. The van der Waals surface area contributed by atoms with Gasteiger partial charge in [0.05, 0.1) is 11.6 Å². The third kappa shape index (κ3) is 5.33. The van der Waals surface area contributed by atoms with Gasteiger partial charge in [0.25, 0.3) is 0 Å². The standard InChI is InChI=1S/C32H23N3.C6H8.CH4S/c1-34(25-5-3-2-4-6-25)28-15-11-23-10-14-27-29(16-12-24-9-13-26(28)31(23)32(24)27)35-18-17-22-8-7-21(20-33)19-30(22)35;1-2-4-6-5-3-1;1-2/h2-16,19H,17-18H2,1H3;1-4H,5-6H2;2H,1H3. The van der Waals surface area contributed by atoms with Gasteiger partial charge < -0.3 is 9.80 Å². The Labute approximate surface area is 259 Å². The molecule has 2 aliphatic rings. The summed E-state index contributed by atoms with van der Waals surface area (Å²) in [6.45, 7) is 0.927. The van der Waals surface area contributed by atoms with E-state index >= 15 is 0 Å². The lowest BCUT2D eigenvalue weighted by atomic mass is 9.92. The number of para-hydroxylation sites is 1. The largest absolute Gasteiger partial charge is 0.344 e. The van der Waals surface area contributed by atoms with Crippen LogP contribution in [0, 0.1) is 11.3 Å². The molecule has 0 fully saturated rings. The van der Waals surface area contributed by atoms with Crippen molar-refractivity contribution >= 4 is 67.7 Å². The highest BCUT2D eigenvalue weighted by atomic mass is 32.1. The first kappa shape index (κ1) is 28.4. The van der Waals surface area contributed by atoms with E-state index in [0.29, 0.717) is 5.56 Å². The van der Waals surface area contributed by atoms with Crippen LogP contribution in [0.3, 0.4) is 0 Å². The van der Waals surface area contributed by atoms with Crippen molar-refractivity contribution in [2.45, 2.75) is 19.3 Å². The van der Waals surface area contributed by atoms with Crippen molar-refractivity contribution < 1.29 is 0 Å². The van der Waals surface area contributed by atoms with Crippen molar-refractivity contribution in [3.63, 3.8) is 0 Å². The number of allylic oxidation sites excluding steroid dienone is 4. The lowest BCUT2D eigenvalue weighted by molar-refractivity contribution is 1.00. The lowest BCUT2D eigenvalue weighted by Crippen LogP contribution is -2.14. The molecule has 0 atom stereocenters. The highest BCUT2D eigenvalue weighted by Gasteiger charge is 2.24. The van der Waals surface area contributed by atoms with Gasteiger partial charge in [-0.2, -0.15) is 17.9 Å². The molecule has 6 aromatic rings. The van der Waals surface area contributed by atoms with Crippen molar-refractivity contribution in [3.8, 4) is 6.07 Å². The Hall–Kier alpha value is -4.72. The van der Waals surface area contributed by atoms with Gasteiger partial charge in [-0.25, -0.2) is 0 Å². The van der Waals surface area contributed by atoms with Crippen LogP contribution >= 0.6 is 12.6 Å². The molecule has 0 spiro atoms. The minimum atomic E-state index is 0.710. The van der Waals surface area contributed by atoms with Crippen molar-refractivity contribution in [1.29, 1.82) is 5.26 Å². The molecule has 1 aliphatic carbocycles. The topological polar surface area (TPSA) is 30.3 Å². The van der Waals surface area contributed by atoms with E-state index in [1.165, 1.54) is 67.8 Å². The number of thiol groups is 1. The summed E-state index contributed by atoms with van der Waals surface area (Å²) in [6, 6.07) is 36.9. The molecule has 0 radical (unpaired) electrons. The van der Waals surface area contributed by atoms with Crippen LogP contribution in [0.1, 0.15) is 24.0 Å². The van der Waals surface area contributed by atoms with Gasteiger partial charge in [0.2, 0.25) is 0 Å². The molecule has 6 aromatic carbocycles. The molecule has 0 bridgehead atoms. The summed E-state index contributed by atoms with van der Waals surface area (Å²) in [7, 11) is 2.14. The first-order valence-corrected chi connectivity index (χ1v) is 15.7. The highest BCUT2D eigenvalue weighted by molar-refractivity contribution is 7.79. The maximum atomic E-state index is 9.46. The minimum absolute atomic E-state index is 0.710. The summed E-state index contributed by atoms with van der Waals surface area (Å²) < 4.78 is 0. The molecule has 0 aromatic heterocycles. The molecule has 43 heavy (non-hydrogen) atoms. The maximum Gasteiger partial charge on any atom is 0.0992 e. The zero-order valence-electron chi connectivity index (χ0n) is 24.7. The third-order valence-electron chi connectivity index (χ3n) is 8.41. The molecular weight excluding hydrogens is 543 g/mol. The minimum Gasteiger partial charge on any atom is -0.344 e. The van der Waals surface area contributed by atoms with Gasteiger partial charge >= 0.3 is 0 Å². The van der Waals surface area contributed by atoms with Crippen molar-refractivity contribution in [1.82, 2.24) is 0 Å². The van der Waals surface area contributed by atoms with Gasteiger partial charge in [-0.3, -0.25) is 0 Å². The van der Waals surface area contributed by atoms with Crippen LogP contribution < -0.4 is 9.80 Å². The summed E-state index contributed by atoms with van der Waals surface area (Å²) in [5.74, 6) is 0. The van der Waals surface area contributed by atoms with E-state index in [2.05, 4.69) is 145 Å². The number of hydrogen-bond donors (Lipinski definition) is 1. The molecule has 0 amide bonds. The number of nitrogens with zero attached hydrogens (tertiary/aromatic N) is 3. The fraction of sp³-hybridized carbons (Fsp3) is 0.154. The molecule has 8 rings (SSSR count). The van der Waals surface area contributed by atoms with E-state index in [-0.39, 0.29) is 0 Å². The van der Waals surface area contributed by atoms with Crippen molar-refractivity contribution in [2.75, 3.05) is 29.6 Å². The molecule has 212 valence electrons. The summed E-state index contributed by atoms with van der Waals surface area (Å²) in [6.07, 6.45) is 13.7. The van der Waals surface area contributed by atoms with Crippen molar-refractivity contribution in [2.24, 2.45) is 0 Å². The van der Waals surface area contributed by atoms with E-state index in [0.717, 1.165) is 18.7 Å². The second-order valence-corrected chi connectivity index (χ2v) is 10.8. The average Bonchev–Trinajstić information content (AvgIpc) is 3.52. The Morgan fingerprint density at radius 1 is 0.721 bits per heavy atom. The Bertz CT molecular complexity index is 1970. The molecule has 0 saturated heterocycles. The Morgan fingerprint density at radius 2 is 1.37 bits per heavy atom. The fourth-order valence-electron chi connectivity index (χ4n) is 6.33. The molecule has 0 N–H and O–H groups in total. The number of anilines is 4. The van der Waals surface area contributed by atoms with Gasteiger partial charge in [0, 0.05) is 47.1 Å². The van der Waals surface area contributed by atoms with Crippen LogP contribution in [0.25, 0.3) is 32.3 Å². The van der Waals surface area contributed by atoms with E-state index in [1.54, 1.807) is 6.26 Å². The lowest BCUT2D eigenvalue weighted by Gasteiger charge is -2.25. The smallest absolute Gasteiger partial charge is 0.0992 e. The van der Waals surface area contributed by atoms with Crippen molar-refractivity contribution in [3.05, 3.63) is 132 Å². The number of nitriles is 1. The van der Waals surface area contributed by atoms with Crippen LogP contribution in [-0.2, 0) is 6.42 Å². The first-order chi connectivity index (χ1) is 21.2.